The first-order valence-corrected chi connectivity index (χ1v) is 25.0. The molecule has 2 nitrogen and oxygen atoms in total. The Kier molecular flexibility index (Phi) is 8.13. The van der Waals surface area contributed by atoms with Gasteiger partial charge in [-0.3, -0.25) is 0 Å². The summed E-state index contributed by atoms with van der Waals surface area (Å²) in [6, 6.07) is 80.6. The van der Waals surface area contributed by atoms with Crippen molar-refractivity contribution in [2.75, 3.05) is 4.90 Å². The van der Waals surface area contributed by atoms with Crippen molar-refractivity contribution in [1.29, 1.82) is 0 Å². The summed E-state index contributed by atoms with van der Waals surface area (Å²) in [7, 11) is 0. The zero-order valence-corrected chi connectivity index (χ0v) is 38.3. The molecule has 2 heteroatoms. The number of rotatable bonds is 5. The van der Waals surface area contributed by atoms with Crippen molar-refractivity contribution in [3.05, 3.63) is 246 Å². The number of nitrogens with zero attached hydrogens (tertiary/aromatic N) is 1. The quantitative estimate of drug-likeness (QED) is 0.171. The van der Waals surface area contributed by atoms with Crippen LogP contribution in [0.4, 0.5) is 17.1 Å². The predicted molar refractivity (Wildman–Crippen MR) is 279 cm³/mol. The fourth-order valence-electron chi connectivity index (χ4n) is 15.7. The Labute approximate surface area is 398 Å². The maximum atomic E-state index is 6.68. The first-order chi connectivity index (χ1) is 33.6. The van der Waals surface area contributed by atoms with Gasteiger partial charge in [-0.05, 0) is 147 Å². The molecule has 3 saturated carbocycles. The lowest BCUT2D eigenvalue weighted by molar-refractivity contribution is 0.0823. The molecule has 10 aromatic rings. The molecule has 1 aromatic heterocycles. The molecule has 3 fully saturated rings. The largest absolute Gasteiger partial charge is 0.455 e. The van der Waals surface area contributed by atoms with Gasteiger partial charge in [-0.2, -0.15) is 0 Å². The Morgan fingerprint density at radius 2 is 1.04 bits per heavy atom. The molecule has 2 bridgehead atoms. The minimum atomic E-state index is -0.450. The fourth-order valence-corrected chi connectivity index (χ4v) is 15.7. The summed E-state index contributed by atoms with van der Waals surface area (Å²) in [6.45, 7) is 2.54. The summed E-state index contributed by atoms with van der Waals surface area (Å²) in [5, 5.41) is 2.29. The van der Waals surface area contributed by atoms with Gasteiger partial charge in [0.2, 0.25) is 0 Å². The van der Waals surface area contributed by atoms with E-state index in [2.05, 4.69) is 224 Å². The van der Waals surface area contributed by atoms with Crippen molar-refractivity contribution in [1.82, 2.24) is 0 Å². The number of hydrogen-bond acceptors (Lipinski definition) is 2. The van der Waals surface area contributed by atoms with E-state index < -0.39 is 5.41 Å². The molecule has 15 rings (SSSR count). The normalized spacial score (nSPS) is 23.2. The van der Waals surface area contributed by atoms with Gasteiger partial charge >= 0.3 is 0 Å². The Bertz CT molecular complexity index is 3610. The van der Waals surface area contributed by atoms with Gasteiger partial charge in [0, 0.05) is 38.7 Å². The number of benzene rings is 9. The van der Waals surface area contributed by atoms with Crippen LogP contribution in [0, 0.1) is 23.7 Å². The van der Waals surface area contributed by atoms with E-state index in [4.69, 9.17) is 4.42 Å². The first-order valence-electron chi connectivity index (χ1n) is 25.0. The van der Waals surface area contributed by atoms with Crippen LogP contribution in [0.2, 0.25) is 0 Å². The highest BCUT2D eigenvalue weighted by Gasteiger charge is 2.70. The van der Waals surface area contributed by atoms with Gasteiger partial charge in [0.25, 0.3) is 0 Å². The van der Waals surface area contributed by atoms with Crippen molar-refractivity contribution in [2.24, 2.45) is 23.7 Å². The Morgan fingerprint density at radius 1 is 0.441 bits per heavy atom. The third-order valence-corrected chi connectivity index (χ3v) is 17.7. The lowest BCUT2D eigenvalue weighted by Gasteiger charge is -2.51. The molecule has 0 radical (unpaired) electrons. The van der Waals surface area contributed by atoms with Crippen LogP contribution < -0.4 is 4.90 Å². The van der Waals surface area contributed by atoms with E-state index in [1.807, 2.05) is 0 Å². The Balaban J connectivity index is 1.03. The van der Waals surface area contributed by atoms with E-state index >= 15 is 0 Å². The van der Waals surface area contributed by atoms with Gasteiger partial charge in [0.1, 0.15) is 11.2 Å². The Hall–Kier alpha value is -7.42. The van der Waals surface area contributed by atoms with Crippen LogP contribution in [0.3, 0.4) is 0 Å². The number of para-hydroxylation sites is 3. The third kappa shape index (κ3) is 5.03. The van der Waals surface area contributed by atoms with E-state index in [1.54, 1.807) is 11.1 Å². The summed E-state index contributed by atoms with van der Waals surface area (Å²) in [5.41, 5.74) is 21.3. The summed E-state index contributed by atoms with van der Waals surface area (Å²) < 4.78 is 6.68. The topological polar surface area (TPSA) is 16.4 Å². The average molecular weight is 874 g/mol. The van der Waals surface area contributed by atoms with E-state index in [9.17, 15) is 0 Å². The van der Waals surface area contributed by atoms with E-state index in [0.29, 0.717) is 23.7 Å². The molecule has 68 heavy (non-hydrogen) atoms. The molecule has 0 saturated heterocycles. The summed E-state index contributed by atoms with van der Waals surface area (Å²) in [4.78, 5) is 2.58. The van der Waals surface area contributed by atoms with Crippen molar-refractivity contribution in [2.45, 2.75) is 49.4 Å². The van der Waals surface area contributed by atoms with Crippen LogP contribution in [-0.4, -0.2) is 0 Å². The minimum absolute atomic E-state index is 0.0258. The van der Waals surface area contributed by atoms with Gasteiger partial charge in [-0.25, -0.2) is 0 Å². The second-order valence-electron chi connectivity index (χ2n) is 20.8. The van der Waals surface area contributed by atoms with Crippen LogP contribution >= 0.6 is 0 Å². The highest BCUT2D eigenvalue weighted by atomic mass is 16.3. The van der Waals surface area contributed by atoms with Crippen LogP contribution in [0.25, 0.3) is 55.3 Å². The molecule has 2 spiro atoms. The van der Waals surface area contributed by atoms with E-state index in [-0.39, 0.29) is 5.41 Å². The van der Waals surface area contributed by atoms with Crippen molar-refractivity contribution in [3.63, 3.8) is 0 Å². The van der Waals surface area contributed by atoms with Crippen molar-refractivity contribution >= 4 is 39.0 Å². The molecule has 0 amide bonds. The molecule has 5 aliphatic rings. The molecule has 6 atom stereocenters. The summed E-state index contributed by atoms with van der Waals surface area (Å²) >= 11 is 0. The maximum absolute atomic E-state index is 6.68. The summed E-state index contributed by atoms with van der Waals surface area (Å²) in [6.07, 6.45) is 5.23. The molecule has 5 aliphatic carbocycles. The van der Waals surface area contributed by atoms with Gasteiger partial charge in [0.15, 0.2) is 0 Å². The monoisotopic (exact) mass is 873 g/mol. The lowest BCUT2D eigenvalue weighted by atomic mass is 9.53. The smallest absolute Gasteiger partial charge is 0.143 e. The first kappa shape index (κ1) is 38.7. The van der Waals surface area contributed by atoms with E-state index in [0.717, 1.165) is 44.7 Å². The second kappa shape index (κ2) is 14.3. The zero-order chi connectivity index (χ0) is 44.7. The standard InChI is InChI=1S/C66H51NO/c1-41-35-45-37-44-38-46(36-41)65(45)60-40-48(33-34-59(60)66(58-30-12-7-25-55(58)63(44)65)56-28-10-5-22-51(56)52-23-6-11-29-57(52)66)67(61-31-13-8-21-49(61)42-17-3-2-4-18-42)47-20-15-19-43(39-47)50-26-16-27-54-53-24-9-14-32-62(53)68-64(50)54/h2-34,39-41,44-46,63H,35-38H2,1H3/t41-,44+,45+,46-,63?,65?. The molecule has 326 valence electrons. The van der Waals surface area contributed by atoms with Crippen LogP contribution in [0.5, 0.6) is 0 Å². The molecule has 0 aliphatic heterocycles. The van der Waals surface area contributed by atoms with Gasteiger partial charge < -0.3 is 9.32 Å². The van der Waals surface area contributed by atoms with Crippen molar-refractivity contribution < 1.29 is 4.42 Å². The van der Waals surface area contributed by atoms with Gasteiger partial charge in [0.05, 0.1) is 11.1 Å². The Morgan fingerprint density at radius 3 is 1.84 bits per heavy atom. The third-order valence-electron chi connectivity index (χ3n) is 17.7. The number of fused-ring (bicyclic) bond motifs is 12. The van der Waals surface area contributed by atoms with Crippen LogP contribution in [0.1, 0.15) is 71.9 Å². The molecule has 2 unspecified atom stereocenters. The zero-order valence-electron chi connectivity index (χ0n) is 38.3. The molecular formula is C66H51NO. The molecular weight excluding hydrogens is 823 g/mol. The average Bonchev–Trinajstić information content (AvgIpc) is 4.10. The molecule has 9 aromatic carbocycles. The molecule has 1 heterocycles. The van der Waals surface area contributed by atoms with Crippen molar-refractivity contribution in [3.8, 4) is 33.4 Å². The highest BCUT2D eigenvalue weighted by Crippen LogP contribution is 2.77. The second-order valence-corrected chi connectivity index (χ2v) is 20.8. The SMILES string of the molecule is C[C@H]1C[C@@H]2C[C@@H]3C[C@H](C1)C21c2cc(N(c4cccc(-c5cccc6c5oc5ccccc56)c4)c4ccccc4-c4ccccc4)ccc2C2(c4ccccc4-c4ccccc42)c2ccccc2C31. The molecule has 0 N–H and O–H groups in total. The number of anilines is 3. The van der Waals surface area contributed by atoms with Crippen LogP contribution in [-0.2, 0) is 10.8 Å². The van der Waals surface area contributed by atoms with Crippen LogP contribution in [0.15, 0.2) is 217 Å². The van der Waals surface area contributed by atoms with Gasteiger partial charge in [-0.1, -0.05) is 183 Å². The summed E-state index contributed by atoms with van der Waals surface area (Å²) in [5.74, 6) is 3.12. The predicted octanol–water partition coefficient (Wildman–Crippen LogP) is 17.2. The minimum Gasteiger partial charge on any atom is -0.455 e. The van der Waals surface area contributed by atoms with E-state index in [1.165, 1.54) is 81.6 Å². The highest BCUT2D eigenvalue weighted by molar-refractivity contribution is 6.09. The number of furan rings is 1. The van der Waals surface area contributed by atoms with Gasteiger partial charge in [-0.15, -0.1) is 0 Å². The fraction of sp³-hybridized carbons (Fsp3) is 0.182. The lowest BCUT2D eigenvalue weighted by Crippen LogP contribution is -2.46. The maximum Gasteiger partial charge on any atom is 0.143 e. The number of hydrogen-bond donors (Lipinski definition) is 0.